The van der Waals surface area contributed by atoms with Gasteiger partial charge in [-0.2, -0.15) is 5.26 Å². The minimum absolute atomic E-state index is 0.277. The van der Waals surface area contributed by atoms with E-state index in [9.17, 15) is 5.26 Å². The summed E-state index contributed by atoms with van der Waals surface area (Å²) in [5.41, 5.74) is -0.277. The average Bonchev–Trinajstić information content (AvgIpc) is 3.15. The number of likely N-dealkylation sites (N-methyl/N-ethyl adjacent to an activating group) is 1. The Hall–Kier alpha value is -0.590. The van der Waals surface area contributed by atoms with Crippen LogP contribution in [-0.4, -0.2) is 36.1 Å². The third-order valence-electron chi connectivity index (χ3n) is 4.36. The molecule has 0 radical (unpaired) electrons. The van der Waals surface area contributed by atoms with Crippen molar-refractivity contribution < 1.29 is 0 Å². The highest BCUT2D eigenvalue weighted by Gasteiger charge is 2.46. The highest BCUT2D eigenvalue weighted by Crippen LogP contribution is 2.40. The Morgan fingerprint density at radius 3 is 2.65 bits per heavy atom. The number of nitrogens with zero attached hydrogens (tertiary/aromatic N) is 2. The third kappa shape index (κ3) is 2.81. The maximum atomic E-state index is 9.60. The van der Waals surface area contributed by atoms with E-state index in [0.29, 0.717) is 12.0 Å². The largest absolute Gasteiger partial charge is 0.298 e. The van der Waals surface area contributed by atoms with Crippen LogP contribution in [0.1, 0.15) is 46.0 Å². The first kappa shape index (κ1) is 12.9. The average molecular weight is 235 g/mol. The molecule has 1 heterocycles. The van der Waals surface area contributed by atoms with Gasteiger partial charge in [0.1, 0.15) is 5.54 Å². The number of nitrogens with one attached hydrogen (secondary N) is 1. The first-order valence-electron chi connectivity index (χ1n) is 7.12. The minimum Gasteiger partial charge on any atom is -0.298 e. The highest BCUT2D eigenvalue weighted by molar-refractivity contribution is 5.17. The van der Waals surface area contributed by atoms with E-state index in [1.807, 2.05) is 0 Å². The second kappa shape index (κ2) is 5.37. The van der Waals surface area contributed by atoms with Gasteiger partial charge in [-0.05, 0) is 51.6 Å². The fraction of sp³-hybridized carbons (Fsp3) is 0.929. The molecule has 0 aromatic heterocycles. The molecule has 17 heavy (non-hydrogen) atoms. The Morgan fingerprint density at radius 1 is 1.35 bits per heavy atom. The van der Waals surface area contributed by atoms with E-state index in [1.165, 1.54) is 38.6 Å². The Morgan fingerprint density at radius 2 is 2.12 bits per heavy atom. The summed E-state index contributed by atoms with van der Waals surface area (Å²) in [5.74, 6) is 0.585. The lowest BCUT2D eigenvalue weighted by Crippen LogP contribution is -2.56. The highest BCUT2D eigenvalue weighted by atomic mass is 15.2. The van der Waals surface area contributed by atoms with Gasteiger partial charge in [0, 0.05) is 12.6 Å². The predicted octanol–water partition coefficient (Wildman–Crippen LogP) is 2.14. The monoisotopic (exact) mass is 235 g/mol. The summed E-state index contributed by atoms with van der Waals surface area (Å²) in [5, 5.41) is 13.1. The van der Waals surface area contributed by atoms with Gasteiger partial charge < -0.3 is 0 Å². The summed E-state index contributed by atoms with van der Waals surface area (Å²) >= 11 is 0. The van der Waals surface area contributed by atoms with E-state index in [1.54, 1.807) is 0 Å². The zero-order valence-electron chi connectivity index (χ0n) is 11.2. The molecule has 0 spiro atoms. The zero-order chi connectivity index (χ0) is 12.3. The van der Waals surface area contributed by atoms with E-state index in [-0.39, 0.29) is 5.54 Å². The van der Waals surface area contributed by atoms with Gasteiger partial charge >= 0.3 is 0 Å². The summed E-state index contributed by atoms with van der Waals surface area (Å²) in [4.78, 5) is 2.52. The van der Waals surface area contributed by atoms with Crippen LogP contribution < -0.4 is 5.32 Å². The number of likely N-dealkylation sites (tertiary alicyclic amines) is 1. The van der Waals surface area contributed by atoms with E-state index in [2.05, 4.69) is 30.1 Å². The van der Waals surface area contributed by atoms with Crippen molar-refractivity contribution in [1.29, 1.82) is 5.26 Å². The molecule has 2 rings (SSSR count). The summed E-state index contributed by atoms with van der Waals surface area (Å²) in [6, 6.07) is 3.24. The quantitative estimate of drug-likeness (QED) is 0.793. The first-order valence-corrected chi connectivity index (χ1v) is 7.12. The van der Waals surface area contributed by atoms with Gasteiger partial charge in [-0.3, -0.25) is 10.2 Å². The van der Waals surface area contributed by atoms with Crippen molar-refractivity contribution in [2.75, 3.05) is 19.6 Å². The molecule has 1 saturated carbocycles. The molecule has 3 nitrogen and oxygen atoms in total. The van der Waals surface area contributed by atoms with Crippen molar-refractivity contribution in [2.24, 2.45) is 5.92 Å². The minimum atomic E-state index is -0.277. The Balaban J connectivity index is 2.03. The number of rotatable bonds is 5. The lowest BCUT2D eigenvalue weighted by Gasteiger charge is -2.39. The van der Waals surface area contributed by atoms with Crippen LogP contribution >= 0.6 is 0 Å². The molecule has 2 fully saturated rings. The van der Waals surface area contributed by atoms with E-state index in [4.69, 9.17) is 0 Å². The van der Waals surface area contributed by atoms with Crippen LogP contribution in [0.5, 0.6) is 0 Å². The predicted molar refractivity (Wildman–Crippen MR) is 69.6 cm³/mol. The smallest absolute Gasteiger partial charge is 0.122 e. The molecule has 1 saturated heterocycles. The number of hydrogen-bond acceptors (Lipinski definition) is 3. The maximum Gasteiger partial charge on any atom is 0.122 e. The Kier molecular flexibility index (Phi) is 4.06. The number of piperidine rings is 1. The lowest BCUT2D eigenvalue weighted by molar-refractivity contribution is 0.120. The second-order valence-electron chi connectivity index (χ2n) is 5.70. The molecule has 1 N–H and O–H groups in total. The third-order valence-corrected chi connectivity index (χ3v) is 4.36. The molecule has 1 aliphatic heterocycles. The lowest BCUT2D eigenvalue weighted by atomic mass is 9.91. The summed E-state index contributed by atoms with van der Waals surface area (Å²) in [7, 11) is 0. The van der Waals surface area contributed by atoms with Gasteiger partial charge in [0.25, 0.3) is 0 Å². The molecule has 0 aromatic carbocycles. The van der Waals surface area contributed by atoms with Crippen LogP contribution in [0, 0.1) is 17.2 Å². The molecular formula is C14H25N3. The molecule has 0 bridgehead atoms. The topological polar surface area (TPSA) is 39.1 Å². The molecule has 0 amide bonds. The van der Waals surface area contributed by atoms with Crippen LogP contribution in [0.15, 0.2) is 0 Å². The Labute approximate surface area is 105 Å². The van der Waals surface area contributed by atoms with Gasteiger partial charge in [-0.1, -0.05) is 13.3 Å². The summed E-state index contributed by atoms with van der Waals surface area (Å²) < 4.78 is 0. The van der Waals surface area contributed by atoms with E-state index < -0.39 is 0 Å². The van der Waals surface area contributed by atoms with Crippen molar-refractivity contribution in [3.05, 3.63) is 0 Å². The normalized spacial score (nSPS) is 29.6. The van der Waals surface area contributed by atoms with Crippen LogP contribution in [0.25, 0.3) is 0 Å². The van der Waals surface area contributed by atoms with Gasteiger partial charge in [0.2, 0.25) is 0 Å². The maximum absolute atomic E-state index is 9.60. The summed E-state index contributed by atoms with van der Waals surface area (Å²) in [6.07, 6.45) is 6.38. The van der Waals surface area contributed by atoms with Crippen LogP contribution in [-0.2, 0) is 0 Å². The van der Waals surface area contributed by atoms with Crippen LogP contribution in [0.3, 0.4) is 0 Å². The molecular weight excluding hydrogens is 210 g/mol. The molecule has 2 atom stereocenters. The molecule has 3 heteroatoms. The Bertz CT molecular complexity index is 292. The molecule has 2 unspecified atom stereocenters. The van der Waals surface area contributed by atoms with Crippen LogP contribution in [0.2, 0.25) is 0 Å². The van der Waals surface area contributed by atoms with E-state index in [0.717, 1.165) is 13.1 Å². The molecule has 0 aromatic rings. The van der Waals surface area contributed by atoms with Crippen molar-refractivity contribution in [3.63, 3.8) is 0 Å². The zero-order valence-corrected chi connectivity index (χ0v) is 11.2. The fourth-order valence-corrected chi connectivity index (χ4v) is 3.10. The van der Waals surface area contributed by atoms with Gasteiger partial charge in [-0.25, -0.2) is 0 Å². The first-order chi connectivity index (χ1) is 8.22. The van der Waals surface area contributed by atoms with Crippen molar-refractivity contribution in [2.45, 2.75) is 57.5 Å². The molecule has 2 aliphatic rings. The molecule has 96 valence electrons. The second-order valence-corrected chi connectivity index (χ2v) is 5.70. The number of hydrogen-bond donors (Lipinski definition) is 1. The van der Waals surface area contributed by atoms with Gasteiger partial charge in [0.05, 0.1) is 6.07 Å². The SMILES string of the molecule is CCNC(C#N)(CN1CCCCC1C)C1CC1. The molecule has 1 aliphatic carbocycles. The van der Waals surface area contributed by atoms with Crippen molar-refractivity contribution in [1.82, 2.24) is 10.2 Å². The fourth-order valence-electron chi connectivity index (χ4n) is 3.10. The standard InChI is InChI=1S/C14H25N3/c1-3-16-14(10-15,13-7-8-13)11-17-9-5-4-6-12(17)2/h12-13,16H,3-9,11H2,1-2H3. The van der Waals surface area contributed by atoms with Crippen molar-refractivity contribution >= 4 is 0 Å². The van der Waals surface area contributed by atoms with Crippen molar-refractivity contribution in [3.8, 4) is 6.07 Å². The van der Waals surface area contributed by atoms with Gasteiger partial charge in [0.15, 0.2) is 0 Å². The van der Waals surface area contributed by atoms with Gasteiger partial charge in [-0.15, -0.1) is 0 Å². The summed E-state index contributed by atoms with van der Waals surface area (Å²) in [6.45, 7) is 7.40. The van der Waals surface area contributed by atoms with Crippen LogP contribution in [0.4, 0.5) is 0 Å². The van der Waals surface area contributed by atoms with E-state index >= 15 is 0 Å². The number of nitriles is 1.